The van der Waals surface area contributed by atoms with Crippen LogP contribution in [0.15, 0.2) is 0 Å². The molecule has 1 fully saturated rings. The van der Waals surface area contributed by atoms with Crippen molar-refractivity contribution in [2.45, 2.75) is 140 Å². The van der Waals surface area contributed by atoms with Crippen LogP contribution in [0, 0.1) is 5.92 Å². The SMILES string of the molecule is CC(C)C[C@H](NC(=O)[C@H](CC(=O)O)NC(=O)[C@H](CCC(N)=O)NC(=O)[C@@H]1CCCN1C(=O)[C@@H](NC(=O)[C@H](C)NC(=O)CN)[C@@H](C)O)C(=O)N[C@@H](CC(N)=O)C(=O)N[C@H](C(=O)O)[C@@H](C)O. The molecular formula is C37H61N11O16. The van der Waals surface area contributed by atoms with Crippen molar-refractivity contribution in [3.05, 3.63) is 0 Å². The number of hydrogen-bond donors (Lipinski definition) is 14. The lowest BCUT2D eigenvalue weighted by molar-refractivity contribution is -0.145. The summed E-state index contributed by atoms with van der Waals surface area (Å²) in [4.78, 5) is 154. The molecule has 10 atom stereocenters. The first-order chi connectivity index (χ1) is 29.7. The Bertz CT molecular complexity index is 1760. The third-order valence-electron chi connectivity index (χ3n) is 9.59. The Labute approximate surface area is 367 Å². The monoisotopic (exact) mass is 915 g/mol. The van der Waals surface area contributed by atoms with Crippen LogP contribution in [0.4, 0.5) is 0 Å². The smallest absolute Gasteiger partial charge is 0.328 e. The van der Waals surface area contributed by atoms with Gasteiger partial charge in [0.25, 0.3) is 0 Å². The van der Waals surface area contributed by atoms with Crippen molar-refractivity contribution in [3.8, 4) is 0 Å². The van der Waals surface area contributed by atoms with Crippen molar-refractivity contribution in [1.82, 2.24) is 42.1 Å². The number of aliphatic hydroxyl groups excluding tert-OH is 2. The quantitative estimate of drug-likeness (QED) is 0.0364. The molecule has 360 valence electrons. The van der Waals surface area contributed by atoms with Gasteiger partial charge in [0.1, 0.15) is 42.3 Å². The Hall–Kier alpha value is -6.48. The summed E-state index contributed by atoms with van der Waals surface area (Å²) in [6.45, 7) is 6.32. The van der Waals surface area contributed by atoms with Crippen LogP contribution in [0.1, 0.15) is 79.6 Å². The van der Waals surface area contributed by atoms with Gasteiger partial charge in [0, 0.05) is 13.0 Å². The number of rotatable bonds is 27. The van der Waals surface area contributed by atoms with Gasteiger partial charge < -0.3 is 79.7 Å². The first-order valence-electron chi connectivity index (χ1n) is 20.2. The van der Waals surface area contributed by atoms with E-state index < -0.39 is 164 Å². The topological polar surface area (TPSA) is 451 Å². The van der Waals surface area contributed by atoms with Crippen molar-refractivity contribution < 1.29 is 78.0 Å². The maximum absolute atomic E-state index is 13.7. The van der Waals surface area contributed by atoms with E-state index in [2.05, 4.69) is 31.9 Å². The molecule has 1 rings (SSSR count). The molecule has 10 amide bonds. The summed E-state index contributed by atoms with van der Waals surface area (Å²) in [6.07, 6.45) is -5.99. The number of hydrogen-bond acceptors (Lipinski definition) is 15. The van der Waals surface area contributed by atoms with Crippen molar-refractivity contribution in [2.24, 2.45) is 23.1 Å². The van der Waals surface area contributed by atoms with Gasteiger partial charge in [-0.1, -0.05) is 13.8 Å². The fourth-order valence-corrected chi connectivity index (χ4v) is 6.29. The molecule has 27 nitrogen and oxygen atoms in total. The van der Waals surface area contributed by atoms with Gasteiger partial charge in [0.2, 0.25) is 59.1 Å². The Balaban J connectivity index is 3.37. The lowest BCUT2D eigenvalue weighted by Gasteiger charge is -2.31. The van der Waals surface area contributed by atoms with E-state index in [4.69, 9.17) is 17.2 Å². The summed E-state index contributed by atoms with van der Waals surface area (Å²) in [5.41, 5.74) is 15.8. The number of carboxylic acids is 2. The molecule has 0 aromatic rings. The third kappa shape index (κ3) is 18.5. The molecule has 0 aromatic carbocycles. The standard InChI is InChI=1S/C37H61N11O16/c1-15(2)11-20(32(58)44-21(12-25(40)52)34(60)47-29(18(5)50)37(63)64)43-33(59)22(13-27(54)55)45-31(57)19(8-9-24(39)51)42-35(61)23-7-6-10-48(23)36(62)28(17(4)49)46-30(56)16(3)41-26(53)14-38/h15-23,28-29,49-50H,6-14,38H2,1-5H3,(H2,39,51)(H2,40,52)(H,41,53)(H,42,61)(H,43,59)(H,44,58)(H,45,57)(H,46,56)(H,47,60)(H,54,55)(H,63,64)/t16-,17+,18+,19-,20-,21-,22-,23-,28-,29-/m0/s1. The second-order valence-electron chi connectivity index (χ2n) is 15.6. The minimum Gasteiger partial charge on any atom is -0.481 e. The largest absolute Gasteiger partial charge is 0.481 e. The van der Waals surface area contributed by atoms with Crippen LogP contribution in [0.2, 0.25) is 0 Å². The summed E-state index contributed by atoms with van der Waals surface area (Å²) in [5, 5.41) is 54.8. The second-order valence-corrected chi connectivity index (χ2v) is 15.6. The zero-order chi connectivity index (χ0) is 49.2. The summed E-state index contributed by atoms with van der Waals surface area (Å²) >= 11 is 0. The third-order valence-corrected chi connectivity index (χ3v) is 9.59. The van der Waals surface area contributed by atoms with Gasteiger partial charge in [-0.15, -0.1) is 0 Å². The molecule has 1 aliphatic rings. The van der Waals surface area contributed by atoms with E-state index >= 15 is 0 Å². The van der Waals surface area contributed by atoms with Crippen LogP contribution in [0.25, 0.3) is 0 Å². The van der Waals surface area contributed by atoms with Crippen LogP contribution in [0.3, 0.4) is 0 Å². The molecule has 0 radical (unpaired) electrons. The highest BCUT2D eigenvalue weighted by Gasteiger charge is 2.41. The van der Waals surface area contributed by atoms with Crippen LogP contribution in [-0.2, 0) is 57.5 Å². The van der Waals surface area contributed by atoms with E-state index in [1.165, 1.54) is 13.8 Å². The molecule has 0 aliphatic carbocycles. The number of carbonyl (C=O) groups is 12. The van der Waals surface area contributed by atoms with Crippen molar-refractivity contribution in [2.75, 3.05) is 13.1 Å². The van der Waals surface area contributed by atoms with Crippen LogP contribution in [0.5, 0.6) is 0 Å². The highest BCUT2D eigenvalue weighted by molar-refractivity contribution is 5.99. The molecular weight excluding hydrogens is 854 g/mol. The van der Waals surface area contributed by atoms with Gasteiger partial charge in [-0.3, -0.25) is 52.7 Å². The number of likely N-dealkylation sites (tertiary alicyclic amines) is 1. The number of carbonyl (C=O) groups excluding carboxylic acids is 10. The highest BCUT2D eigenvalue weighted by atomic mass is 16.4. The first kappa shape index (κ1) is 55.5. The number of carboxylic acid groups (broad SMARTS) is 2. The van der Waals surface area contributed by atoms with E-state index in [1.54, 1.807) is 13.8 Å². The normalized spacial score (nSPS) is 17.6. The van der Waals surface area contributed by atoms with Crippen molar-refractivity contribution >= 4 is 71.0 Å². The molecule has 1 aliphatic heterocycles. The van der Waals surface area contributed by atoms with Gasteiger partial charge in [0.05, 0.1) is 31.6 Å². The average Bonchev–Trinajstić information content (AvgIpc) is 3.68. The number of nitrogens with zero attached hydrogens (tertiary/aromatic N) is 1. The summed E-state index contributed by atoms with van der Waals surface area (Å²) < 4.78 is 0. The van der Waals surface area contributed by atoms with E-state index in [0.29, 0.717) is 0 Å². The minimum absolute atomic E-state index is 0.0250. The molecule has 1 saturated heterocycles. The van der Waals surface area contributed by atoms with Gasteiger partial charge >= 0.3 is 11.9 Å². The first-order valence-corrected chi connectivity index (χ1v) is 20.2. The molecule has 64 heavy (non-hydrogen) atoms. The van der Waals surface area contributed by atoms with Crippen molar-refractivity contribution in [3.63, 3.8) is 0 Å². The average molecular weight is 916 g/mol. The molecule has 0 bridgehead atoms. The minimum atomic E-state index is -1.97. The Kier molecular flexibility index (Phi) is 22.7. The van der Waals surface area contributed by atoms with Crippen LogP contribution < -0.4 is 54.4 Å². The zero-order valence-electron chi connectivity index (χ0n) is 36.1. The van der Waals surface area contributed by atoms with Crippen LogP contribution in [-0.4, -0.2) is 170 Å². The molecule has 1 heterocycles. The number of primary amides is 2. The van der Waals surface area contributed by atoms with E-state index in [1.807, 2.05) is 5.32 Å². The number of nitrogens with two attached hydrogens (primary N) is 3. The lowest BCUT2D eigenvalue weighted by atomic mass is 10.0. The summed E-state index contributed by atoms with van der Waals surface area (Å²) in [5.74, 6) is -13.9. The predicted molar refractivity (Wildman–Crippen MR) is 218 cm³/mol. The molecule has 17 N–H and O–H groups in total. The molecule has 0 spiro atoms. The zero-order valence-corrected chi connectivity index (χ0v) is 36.1. The fraction of sp³-hybridized carbons (Fsp3) is 0.676. The van der Waals surface area contributed by atoms with Gasteiger partial charge in [0.15, 0.2) is 6.04 Å². The van der Waals surface area contributed by atoms with Gasteiger partial charge in [-0.05, 0) is 52.4 Å². The number of aliphatic hydroxyl groups is 2. The predicted octanol–water partition coefficient (Wildman–Crippen LogP) is -7.14. The number of aliphatic carboxylic acids is 2. The van der Waals surface area contributed by atoms with Gasteiger partial charge in [-0.25, -0.2) is 4.79 Å². The Morgan fingerprint density at radius 1 is 0.625 bits per heavy atom. The fourth-order valence-electron chi connectivity index (χ4n) is 6.29. The maximum atomic E-state index is 13.7. The molecule has 27 heteroatoms. The van der Waals surface area contributed by atoms with E-state index in [-0.39, 0.29) is 31.7 Å². The van der Waals surface area contributed by atoms with Crippen molar-refractivity contribution in [1.29, 1.82) is 0 Å². The number of amides is 10. The Morgan fingerprint density at radius 3 is 1.61 bits per heavy atom. The lowest BCUT2D eigenvalue weighted by Crippen LogP contribution is -2.61. The van der Waals surface area contributed by atoms with Crippen LogP contribution >= 0.6 is 0 Å². The van der Waals surface area contributed by atoms with E-state index in [0.717, 1.165) is 11.8 Å². The number of nitrogens with one attached hydrogen (secondary N) is 7. The summed E-state index contributed by atoms with van der Waals surface area (Å²) in [7, 11) is 0. The second kappa shape index (κ2) is 26.2. The van der Waals surface area contributed by atoms with E-state index in [9.17, 15) is 78.0 Å². The molecule has 0 unspecified atom stereocenters. The molecule has 0 aromatic heterocycles. The Morgan fingerprint density at radius 2 is 1.12 bits per heavy atom. The summed E-state index contributed by atoms with van der Waals surface area (Å²) in [6, 6.07) is -13.0. The van der Waals surface area contributed by atoms with Gasteiger partial charge in [-0.2, -0.15) is 0 Å². The maximum Gasteiger partial charge on any atom is 0.328 e. The highest BCUT2D eigenvalue weighted by Crippen LogP contribution is 2.20. The molecule has 0 saturated carbocycles.